The summed E-state index contributed by atoms with van der Waals surface area (Å²) in [6.07, 6.45) is 3.27. The molecule has 1 aromatic heterocycles. The maximum Gasteiger partial charge on any atom is 0.143 e. The molecule has 0 saturated heterocycles. The summed E-state index contributed by atoms with van der Waals surface area (Å²) in [5, 5.41) is 0.818. The number of benzene rings is 1. The van der Waals surface area contributed by atoms with Gasteiger partial charge in [0.1, 0.15) is 10.8 Å². The largest absolute Gasteiger partial charge is 0.382 e. The lowest BCUT2D eigenvalue weighted by Gasteiger charge is -2.18. The van der Waals surface area contributed by atoms with Crippen LogP contribution in [0.15, 0.2) is 46.6 Å². The molecular weight excluding hydrogens is 242 g/mol. The van der Waals surface area contributed by atoms with Crippen molar-refractivity contribution in [3.63, 3.8) is 0 Å². The van der Waals surface area contributed by atoms with Crippen LogP contribution < -0.4 is 5.73 Å². The first kappa shape index (κ1) is 12.9. The first-order chi connectivity index (χ1) is 8.45. The molecule has 1 heterocycles. The van der Waals surface area contributed by atoms with Gasteiger partial charge >= 0.3 is 0 Å². The molecule has 4 heteroatoms. The van der Waals surface area contributed by atoms with Crippen molar-refractivity contribution < 1.29 is 0 Å². The fourth-order valence-corrected chi connectivity index (χ4v) is 2.33. The van der Waals surface area contributed by atoms with Crippen LogP contribution >= 0.6 is 11.8 Å². The number of hydrogen-bond acceptors (Lipinski definition) is 4. The Morgan fingerprint density at radius 1 is 1.06 bits per heavy atom. The topological polar surface area (TPSA) is 51.8 Å². The van der Waals surface area contributed by atoms with Crippen molar-refractivity contribution in [1.82, 2.24) is 9.97 Å². The molecule has 0 radical (unpaired) electrons. The monoisotopic (exact) mass is 259 g/mol. The number of nitrogens with two attached hydrogens (primary N) is 1. The summed E-state index contributed by atoms with van der Waals surface area (Å²) in [7, 11) is 0. The highest BCUT2D eigenvalue weighted by Gasteiger charge is 2.13. The van der Waals surface area contributed by atoms with Gasteiger partial charge in [0.25, 0.3) is 0 Å². The predicted octanol–water partition coefficient (Wildman–Crippen LogP) is 3.51. The van der Waals surface area contributed by atoms with Crippen LogP contribution in [0.25, 0.3) is 0 Å². The summed E-state index contributed by atoms with van der Waals surface area (Å²) < 4.78 is 0. The van der Waals surface area contributed by atoms with Crippen molar-refractivity contribution in [1.29, 1.82) is 0 Å². The normalized spacial score (nSPS) is 11.5. The highest BCUT2D eigenvalue weighted by atomic mass is 32.2. The number of rotatable bonds is 2. The van der Waals surface area contributed by atoms with E-state index >= 15 is 0 Å². The maximum absolute atomic E-state index is 5.61. The molecule has 0 aliphatic carbocycles. The summed E-state index contributed by atoms with van der Waals surface area (Å²) in [5.74, 6) is 0.450. The summed E-state index contributed by atoms with van der Waals surface area (Å²) in [6, 6.07) is 8.52. The molecule has 0 saturated carbocycles. The average Bonchev–Trinajstić information content (AvgIpc) is 2.28. The van der Waals surface area contributed by atoms with Gasteiger partial charge < -0.3 is 5.73 Å². The molecule has 0 aliphatic rings. The number of nitrogen functional groups attached to an aromatic ring is 1. The van der Waals surface area contributed by atoms with E-state index in [1.54, 1.807) is 24.2 Å². The van der Waals surface area contributed by atoms with Gasteiger partial charge in [-0.15, -0.1) is 0 Å². The van der Waals surface area contributed by atoms with E-state index in [0.29, 0.717) is 5.82 Å². The Morgan fingerprint density at radius 2 is 1.72 bits per heavy atom. The highest BCUT2D eigenvalue weighted by Crippen LogP contribution is 2.29. The fourth-order valence-electron chi connectivity index (χ4n) is 1.56. The fraction of sp³-hybridized carbons (Fsp3) is 0.286. The zero-order valence-corrected chi connectivity index (χ0v) is 11.7. The lowest BCUT2D eigenvalue weighted by Crippen LogP contribution is -2.10. The minimum absolute atomic E-state index is 0.181. The van der Waals surface area contributed by atoms with Crippen molar-refractivity contribution >= 4 is 17.6 Å². The van der Waals surface area contributed by atoms with E-state index in [4.69, 9.17) is 5.73 Å². The minimum atomic E-state index is 0.181. The molecule has 18 heavy (non-hydrogen) atoms. The van der Waals surface area contributed by atoms with E-state index in [2.05, 4.69) is 55.0 Å². The molecule has 2 aromatic rings. The molecular formula is C14H17N3S. The molecule has 0 aliphatic heterocycles. The molecule has 1 aromatic carbocycles. The van der Waals surface area contributed by atoms with Gasteiger partial charge in [0.05, 0.1) is 12.4 Å². The first-order valence-corrected chi connectivity index (χ1v) is 6.63. The molecule has 0 amide bonds. The van der Waals surface area contributed by atoms with Gasteiger partial charge in [-0.2, -0.15) is 0 Å². The highest BCUT2D eigenvalue weighted by molar-refractivity contribution is 7.99. The smallest absolute Gasteiger partial charge is 0.143 e. The summed E-state index contributed by atoms with van der Waals surface area (Å²) >= 11 is 1.57. The molecule has 94 valence electrons. The summed E-state index contributed by atoms with van der Waals surface area (Å²) in [4.78, 5) is 9.39. The van der Waals surface area contributed by atoms with Gasteiger partial charge in [-0.1, -0.05) is 44.7 Å². The van der Waals surface area contributed by atoms with Crippen LogP contribution in [-0.4, -0.2) is 9.97 Å². The lowest BCUT2D eigenvalue weighted by atomic mass is 9.87. The van der Waals surface area contributed by atoms with Gasteiger partial charge in [0.2, 0.25) is 0 Å². The van der Waals surface area contributed by atoms with Crippen LogP contribution in [0.5, 0.6) is 0 Å². The van der Waals surface area contributed by atoms with Crippen molar-refractivity contribution in [2.45, 2.75) is 36.1 Å². The van der Waals surface area contributed by atoms with E-state index in [1.807, 2.05) is 0 Å². The Hall–Kier alpha value is -1.55. The quantitative estimate of drug-likeness (QED) is 0.896. The Kier molecular flexibility index (Phi) is 3.57. The van der Waals surface area contributed by atoms with Gasteiger partial charge in [-0.3, -0.25) is 4.98 Å². The van der Waals surface area contributed by atoms with E-state index < -0.39 is 0 Å². The predicted molar refractivity (Wildman–Crippen MR) is 75.7 cm³/mol. The second kappa shape index (κ2) is 4.98. The Bertz CT molecular complexity index is 529. The van der Waals surface area contributed by atoms with Gasteiger partial charge in [0.15, 0.2) is 0 Å². The standard InChI is InChI=1S/C14H17N3S/c1-14(2,3)10-4-6-11(7-5-10)18-13-9-16-8-12(15)17-13/h4-9H,1-3H3,(H2,15,17). The zero-order chi connectivity index (χ0) is 13.2. The minimum Gasteiger partial charge on any atom is -0.382 e. The molecule has 2 rings (SSSR count). The number of aromatic nitrogens is 2. The maximum atomic E-state index is 5.61. The Balaban J connectivity index is 2.16. The third-order valence-corrected chi connectivity index (χ3v) is 3.49. The van der Waals surface area contributed by atoms with Crippen LogP contribution in [0.3, 0.4) is 0 Å². The lowest BCUT2D eigenvalue weighted by molar-refractivity contribution is 0.590. The van der Waals surface area contributed by atoms with E-state index in [9.17, 15) is 0 Å². The van der Waals surface area contributed by atoms with Crippen LogP contribution in [0.4, 0.5) is 5.82 Å². The van der Waals surface area contributed by atoms with E-state index in [-0.39, 0.29) is 5.41 Å². The Labute approximate surface area is 112 Å². The second-order valence-electron chi connectivity index (χ2n) is 5.16. The van der Waals surface area contributed by atoms with Crippen LogP contribution in [0.1, 0.15) is 26.3 Å². The molecule has 2 N–H and O–H groups in total. The van der Waals surface area contributed by atoms with Gasteiger partial charge in [-0.25, -0.2) is 4.98 Å². The van der Waals surface area contributed by atoms with Crippen LogP contribution in [0, 0.1) is 0 Å². The third-order valence-electron chi connectivity index (χ3n) is 2.57. The number of nitrogens with zero attached hydrogens (tertiary/aromatic N) is 2. The first-order valence-electron chi connectivity index (χ1n) is 5.81. The number of hydrogen-bond donors (Lipinski definition) is 1. The molecule has 3 nitrogen and oxygen atoms in total. The zero-order valence-electron chi connectivity index (χ0n) is 10.8. The van der Waals surface area contributed by atoms with E-state index in [1.165, 1.54) is 5.56 Å². The Morgan fingerprint density at radius 3 is 2.28 bits per heavy atom. The van der Waals surface area contributed by atoms with Crippen molar-refractivity contribution in [2.75, 3.05) is 5.73 Å². The van der Waals surface area contributed by atoms with Crippen molar-refractivity contribution in [3.8, 4) is 0 Å². The number of anilines is 1. The van der Waals surface area contributed by atoms with Crippen molar-refractivity contribution in [2.24, 2.45) is 0 Å². The second-order valence-corrected chi connectivity index (χ2v) is 6.25. The van der Waals surface area contributed by atoms with Gasteiger partial charge in [0, 0.05) is 4.90 Å². The van der Waals surface area contributed by atoms with Crippen molar-refractivity contribution in [3.05, 3.63) is 42.2 Å². The average molecular weight is 259 g/mol. The summed E-state index contributed by atoms with van der Waals surface area (Å²) in [6.45, 7) is 6.62. The summed E-state index contributed by atoms with van der Waals surface area (Å²) in [5.41, 5.74) is 7.11. The van der Waals surface area contributed by atoms with Crippen LogP contribution in [-0.2, 0) is 5.41 Å². The molecule has 0 fully saturated rings. The molecule has 0 spiro atoms. The molecule has 0 atom stereocenters. The van der Waals surface area contributed by atoms with Gasteiger partial charge in [-0.05, 0) is 23.1 Å². The van der Waals surface area contributed by atoms with Crippen LogP contribution in [0.2, 0.25) is 0 Å². The van der Waals surface area contributed by atoms with E-state index in [0.717, 1.165) is 9.92 Å². The molecule has 0 unspecified atom stereocenters. The SMILES string of the molecule is CC(C)(C)c1ccc(Sc2cncc(N)n2)cc1. The third kappa shape index (κ3) is 3.23. The molecule has 0 bridgehead atoms.